The fourth-order valence-electron chi connectivity index (χ4n) is 0.261. The fraction of sp³-hybridized carbons (Fsp3) is 0.600. The summed E-state index contributed by atoms with van der Waals surface area (Å²) in [5.74, 6) is 0.346. The molecule has 0 radical (unpaired) electrons. The van der Waals surface area contributed by atoms with E-state index in [9.17, 15) is 0 Å². The molecule has 0 unspecified atom stereocenters. The van der Waals surface area contributed by atoms with E-state index >= 15 is 0 Å². The Morgan fingerprint density at radius 1 is 1.75 bits per heavy atom. The molecule has 0 atom stereocenters. The molecule has 0 saturated carbocycles. The van der Waals surface area contributed by atoms with E-state index < -0.39 is 0 Å². The van der Waals surface area contributed by atoms with Gasteiger partial charge in [0, 0.05) is 0 Å². The number of rotatable bonds is 1. The molecule has 0 aromatic heterocycles. The number of halogens is 1. The zero-order chi connectivity index (χ0) is 6.57. The molecule has 1 N–H and O–H groups in total. The lowest BCUT2D eigenvalue weighted by atomic mass is 10.5. The Morgan fingerprint density at radius 2 is 2.25 bits per heavy atom. The van der Waals surface area contributed by atoms with Gasteiger partial charge in [-0.1, -0.05) is 6.92 Å². The van der Waals surface area contributed by atoms with E-state index in [-0.39, 0.29) is 0 Å². The first-order valence-electron chi connectivity index (χ1n) is 2.45. The van der Waals surface area contributed by atoms with Crippen LogP contribution < -0.4 is 0 Å². The number of aliphatic imine (C=N–C) groups is 1. The van der Waals surface area contributed by atoms with E-state index in [1.807, 2.05) is 6.92 Å². The zero-order valence-electron chi connectivity index (χ0n) is 5.03. The summed E-state index contributed by atoms with van der Waals surface area (Å²) in [5.41, 5.74) is 0. The molecule has 0 aromatic rings. The summed E-state index contributed by atoms with van der Waals surface area (Å²) in [4.78, 5) is 3.81. The maximum Gasteiger partial charge on any atom is 0.118 e. The van der Waals surface area contributed by atoms with Crippen LogP contribution in [-0.4, -0.2) is 10.5 Å². The molecule has 0 amide bonds. The van der Waals surface area contributed by atoms with Gasteiger partial charge in [-0.2, -0.15) is 0 Å². The van der Waals surface area contributed by atoms with Crippen molar-refractivity contribution in [2.45, 2.75) is 20.3 Å². The first-order chi connectivity index (χ1) is 3.66. The van der Waals surface area contributed by atoms with E-state index in [0.29, 0.717) is 5.84 Å². The quantitative estimate of drug-likeness (QED) is 0.470. The Hall–Kier alpha value is -0.180. The minimum absolute atomic E-state index is 0.346. The van der Waals surface area contributed by atoms with Crippen LogP contribution in [0.4, 0.5) is 0 Å². The monoisotopic (exact) mass is 176 g/mol. The lowest BCUT2D eigenvalue weighted by Gasteiger charge is -1.87. The number of hydrogen-bond donors (Lipinski definition) is 1. The summed E-state index contributed by atoms with van der Waals surface area (Å²) < 4.78 is 0.838. The number of nitrogens with zero attached hydrogens (tertiary/aromatic N) is 1. The SMILES string of the molecule is CCC(Br)=NC(C)=N. The third-order valence-electron chi connectivity index (χ3n) is 0.581. The fourth-order valence-corrected chi connectivity index (χ4v) is 0.527. The van der Waals surface area contributed by atoms with E-state index in [1.54, 1.807) is 6.92 Å². The summed E-state index contributed by atoms with van der Waals surface area (Å²) in [6.07, 6.45) is 0.857. The molecule has 3 heteroatoms. The van der Waals surface area contributed by atoms with E-state index in [4.69, 9.17) is 5.41 Å². The summed E-state index contributed by atoms with van der Waals surface area (Å²) in [5, 5.41) is 6.91. The molecule has 0 saturated heterocycles. The lowest BCUT2D eigenvalue weighted by Crippen LogP contribution is -1.87. The number of nitrogens with one attached hydrogen (secondary N) is 1. The van der Waals surface area contributed by atoms with E-state index in [1.165, 1.54) is 0 Å². The van der Waals surface area contributed by atoms with Crippen LogP contribution in [0.5, 0.6) is 0 Å². The van der Waals surface area contributed by atoms with Crippen LogP contribution in [0.1, 0.15) is 20.3 Å². The molecule has 0 aromatic carbocycles. The molecular weight excluding hydrogens is 168 g/mol. The molecule has 0 fully saturated rings. The lowest BCUT2D eigenvalue weighted by molar-refractivity contribution is 1.30. The van der Waals surface area contributed by atoms with Gasteiger partial charge in [0.25, 0.3) is 0 Å². The number of hydrogen-bond acceptors (Lipinski definition) is 1. The molecule has 0 rings (SSSR count). The molecule has 2 nitrogen and oxygen atoms in total. The van der Waals surface area contributed by atoms with Crippen LogP contribution in [0, 0.1) is 5.41 Å². The van der Waals surface area contributed by atoms with Gasteiger partial charge in [0.15, 0.2) is 0 Å². The zero-order valence-corrected chi connectivity index (χ0v) is 6.62. The Balaban J connectivity index is 3.75. The van der Waals surface area contributed by atoms with Crippen LogP contribution in [0.3, 0.4) is 0 Å². The summed E-state index contributed by atoms with van der Waals surface area (Å²) in [7, 11) is 0. The molecule has 0 bridgehead atoms. The number of amidine groups is 1. The Bertz CT molecular complexity index is 118. The predicted molar refractivity (Wildman–Crippen MR) is 40.1 cm³/mol. The summed E-state index contributed by atoms with van der Waals surface area (Å²) in [6, 6.07) is 0. The Labute approximate surface area is 57.6 Å². The molecule has 0 heterocycles. The van der Waals surface area contributed by atoms with Crippen LogP contribution in [0.2, 0.25) is 0 Å². The van der Waals surface area contributed by atoms with Crippen molar-refractivity contribution < 1.29 is 0 Å². The highest BCUT2D eigenvalue weighted by atomic mass is 79.9. The standard InChI is InChI=1S/C5H9BrN2/c1-3-5(6)8-4(2)7/h7H,3H2,1-2H3. The van der Waals surface area contributed by atoms with Gasteiger partial charge in [-0.05, 0) is 29.3 Å². The molecule has 46 valence electrons. The third-order valence-corrected chi connectivity index (χ3v) is 1.32. The van der Waals surface area contributed by atoms with Gasteiger partial charge in [-0.15, -0.1) is 0 Å². The van der Waals surface area contributed by atoms with Crippen molar-refractivity contribution in [2.24, 2.45) is 4.99 Å². The Kier molecular flexibility index (Phi) is 3.69. The molecule has 0 aliphatic carbocycles. The van der Waals surface area contributed by atoms with Crippen molar-refractivity contribution in [3.8, 4) is 0 Å². The maximum atomic E-state index is 6.91. The molecule has 8 heavy (non-hydrogen) atoms. The first-order valence-corrected chi connectivity index (χ1v) is 3.24. The van der Waals surface area contributed by atoms with Crippen LogP contribution >= 0.6 is 15.9 Å². The smallest absolute Gasteiger partial charge is 0.118 e. The summed E-state index contributed by atoms with van der Waals surface area (Å²) >= 11 is 3.19. The van der Waals surface area contributed by atoms with Crippen LogP contribution in [0.25, 0.3) is 0 Å². The van der Waals surface area contributed by atoms with Crippen molar-refractivity contribution in [3.05, 3.63) is 0 Å². The van der Waals surface area contributed by atoms with Crippen molar-refractivity contribution in [2.75, 3.05) is 0 Å². The molecule has 0 aliphatic rings. The van der Waals surface area contributed by atoms with Crippen molar-refractivity contribution in [1.29, 1.82) is 5.41 Å². The second kappa shape index (κ2) is 3.78. The highest BCUT2D eigenvalue weighted by molar-refractivity contribution is 9.18. The molecular formula is C5H9BrN2. The van der Waals surface area contributed by atoms with Gasteiger partial charge < -0.3 is 0 Å². The molecule has 0 aliphatic heterocycles. The minimum Gasteiger partial charge on any atom is -0.287 e. The average molecular weight is 177 g/mol. The van der Waals surface area contributed by atoms with Gasteiger partial charge in [-0.3, -0.25) is 5.41 Å². The van der Waals surface area contributed by atoms with E-state index in [2.05, 4.69) is 20.9 Å². The highest BCUT2D eigenvalue weighted by Gasteiger charge is 1.85. The van der Waals surface area contributed by atoms with Crippen LogP contribution in [-0.2, 0) is 0 Å². The second-order valence-electron chi connectivity index (χ2n) is 1.43. The second-order valence-corrected chi connectivity index (χ2v) is 2.34. The molecule has 0 spiro atoms. The van der Waals surface area contributed by atoms with Gasteiger partial charge >= 0.3 is 0 Å². The first kappa shape index (κ1) is 7.82. The van der Waals surface area contributed by atoms with Gasteiger partial charge in [0.1, 0.15) is 5.84 Å². The van der Waals surface area contributed by atoms with Crippen molar-refractivity contribution >= 4 is 26.4 Å². The largest absolute Gasteiger partial charge is 0.287 e. The van der Waals surface area contributed by atoms with Crippen molar-refractivity contribution in [1.82, 2.24) is 0 Å². The van der Waals surface area contributed by atoms with E-state index in [0.717, 1.165) is 11.0 Å². The van der Waals surface area contributed by atoms with Crippen LogP contribution in [0.15, 0.2) is 4.99 Å². The third kappa shape index (κ3) is 3.99. The minimum atomic E-state index is 0.346. The maximum absolute atomic E-state index is 6.91. The van der Waals surface area contributed by atoms with Gasteiger partial charge in [0.2, 0.25) is 0 Å². The van der Waals surface area contributed by atoms with Crippen molar-refractivity contribution in [3.63, 3.8) is 0 Å². The average Bonchev–Trinajstić information content (AvgIpc) is 1.65. The topological polar surface area (TPSA) is 36.2 Å². The highest BCUT2D eigenvalue weighted by Crippen LogP contribution is 1.94. The predicted octanol–water partition coefficient (Wildman–Crippen LogP) is 2.19. The summed E-state index contributed by atoms with van der Waals surface area (Å²) in [6.45, 7) is 3.63. The van der Waals surface area contributed by atoms with Gasteiger partial charge in [-0.25, -0.2) is 4.99 Å². The van der Waals surface area contributed by atoms with Gasteiger partial charge in [0.05, 0.1) is 4.62 Å². The normalized spacial score (nSPS) is 11.6. The Morgan fingerprint density at radius 3 is 2.38 bits per heavy atom.